The topological polar surface area (TPSA) is 145 Å². The number of hydrogen-bond donors (Lipinski definition) is 4. The fraction of sp³-hybridized carbons (Fsp3) is 0.297. The highest BCUT2D eigenvalue weighted by Gasteiger charge is 2.26. The molecule has 49 heavy (non-hydrogen) atoms. The van der Waals surface area contributed by atoms with E-state index in [1.54, 1.807) is 66.6 Å². The molecular weight excluding hydrogens is 630 g/mol. The molecule has 0 spiro atoms. The van der Waals surface area contributed by atoms with Gasteiger partial charge in [0.25, 0.3) is 0 Å². The monoisotopic (exact) mass is 670 g/mol. The van der Waals surface area contributed by atoms with E-state index in [4.69, 9.17) is 26.1 Å². The number of halogens is 2. The van der Waals surface area contributed by atoms with Gasteiger partial charge in [-0.3, -0.25) is 9.48 Å². The predicted molar refractivity (Wildman–Crippen MR) is 182 cm³/mol. The molecule has 2 unspecified atom stereocenters. The number of ether oxygens (including phenoxy) is 2. The highest BCUT2D eigenvalue weighted by molar-refractivity contribution is 5.85. The summed E-state index contributed by atoms with van der Waals surface area (Å²) in [6, 6.07) is 16.6. The smallest absolute Gasteiger partial charge is 0.306 e. The first-order valence-electron chi connectivity index (χ1n) is 16.1. The summed E-state index contributed by atoms with van der Waals surface area (Å²) in [6.07, 6.45) is 5.52. The number of carboxylic acid groups (broad SMARTS) is 1. The summed E-state index contributed by atoms with van der Waals surface area (Å²) in [7, 11) is 0. The van der Waals surface area contributed by atoms with Gasteiger partial charge < -0.3 is 30.3 Å². The van der Waals surface area contributed by atoms with Gasteiger partial charge in [0.2, 0.25) is 0 Å². The molecule has 3 heterocycles. The second kappa shape index (κ2) is 13.7. The van der Waals surface area contributed by atoms with E-state index in [0.717, 1.165) is 5.39 Å². The molecule has 0 radical (unpaired) electrons. The van der Waals surface area contributed by atoms with Crippen LogP contribution in [0.5, 0.6) is 11.5 Å². The first-order valence-corrected chi connectivity index (χ1v) is 16.1. The lowest BCUT2D eigenvalue weighted by Crippen LogP contribution is -2.32. The first kappa shape index (κ1) is 33.7. The number of carbonyl (C=O) groups is 1. The molecule has 12 heteroatoms. The number of H-pyrrole nitrogens is 1. The zero-order chi connectivity index (χ0) is 34.9. The minimum atomic E-state index is -0.995. The van der Waals surface area contributed by atoms with Gasteiger partial charge in [0.05, 0.1) is 30.8 Å². The summed E-state index contributed by atoms with van der Waals surface area (Å²) < 4.78 is 45.8. The van der Waals surface area contributed by atoms with Gasteiger partial charge in [-0.15, -0.1) is 0 Å². The van der Waals surface area contributed by atoms with Crippen LogP contribution in [0.3, 0.4) is 0 Å². The molecule has 6 rings (SSSR count). The van der Waals surface area contributed by atoms with Crippen LogP contribution >= 0.6 is 0 Å². The molecule has 10 nitrogen and oxygen atoms in total. The summed E-state index contributed by atoms with van der Waals surface area (Å²) in [5.41, 5.74) is 9.48. The lowest BCUT2D eigenvalue weighted by molar-refractivity contribution is -0.141. The summed E-state index contributed by atoms with van der Waals surface area (Å²) in [5, 5.41) is 16.4. The molecule has 6 N–H and O–H groups in total. The fourth-order valence-corrected chi connectivity index (χ4v) is 6.04. The lowest BCUT2D eigenvalue weighted by atomic mass is 9.91. The second-order valence-corrected chi connectivity index (χ2v) is 13.2. The van der Waals surface area contributed by atoms with Gasteiger partial charge in [0.15, 0.2) is 11.6 Å². The molecule has 1 aliphatic rings. The van der Waals surface area contributed by atoms with Gasteiger partial charge in [-0.05, 0) is 42.7 Å². The molecule has 0 amide bonds. The van der Waals surface area contributed by atoms with E-state index in [2.05, 4.69) is 4.98 Å². The number of aromatic nitrogens is 3. The minimum Gasteiger partial charge on any atom is -0.481 e. The van der Waals surface area contributed by atoms with Gasteiger partial charge in [-0.25, -0.2) is 14.6 Å². The predicted octanol–water partition coefficient (Wildman–Crippen LogP) is 6.88. The van der Waals surface area contributed by atoms with Crippen molar-refractivity contribution in [3.05, 3.63) is 113 Å². The van der Waals surface area contributed by atoms with Crippen molar-refractivity contribution in [2.75, 3.05) is 13.2 Å². The molecule has 2 atom stereocenters. The highest BCUT2D eigenvalue weighted by atomic mass is 19.1. The van der Waals surface area contributed by atoms with Gasteiger partial charge >= 0.3 is 5.97 Å². The van der Waals surface area contributed by atoms with E-state index in [-0.39, 0.29) is 31.9 Å². The van der Waals surface area contributed by atoms with E-state index in [1.165, 1.54) is 11.1 Å². The summed E-state index contributed by atoms with van der Waals surface area (Å²) >= 11 is 0. The van der Waals surface area contributed by atoms with Crippen LogP contribution in [0, 0.1) is 23.0 Å². The van der Waals surface area contributed by atoms with E-state index in [0.29, 0.717) is 51.3 Å². The maximum Gasteiger partial charge on any atom is 0.306 e. The zero-order valence-corrected chi connectivity index (χ0v) is 27.6. The van der Waals surface area contributed by atoms with Crippen LogP contribution in [-0.2, 0) is 22.5 Å². The lowest BCUT2D eigenvalue weighted by Gasteiger charge is -2.28. The highest BCUT2D eigenvalue weighted by Crippen LogP contribution is 2.37. The summed E-state index contributed by atoms with van der Waals surface area (Å²) in [5.74, 6) is 4.09. The van der Waals surface area contributed by atoms with Crippen molar-refractivity contribution >= 4 is 16.9 Å². The molecule has 1 aliphatic heterocycles. The number of hydrazine groups is 1. The molecule has 0 saturated heterocycles. The standard InChI is InChI=1S/C37H40F2N6O4/c1-22(36(46)47)16-24-7-5-9-27(34(24)39)32-12-15-48-21-37(2,3)33(40)20-44(41)19-28-26-10-13-42-31(26)18-29(38)35(28)49-25-8-4-6-23(17-25)30-11-14-45(32)43-30/h4-11,13-14,17-18,20,22,32,42H,12,15-16,19,21,40-41H2,1-3H3,(H,46,47)/b33-20-. The van der Waals surface area contributed by atoms with Crippen LogP contribution in [0.2, 0.25) is 0 Å². The van der Waals surface area contributed by atoms with E-state index >= 15 is 8.78 Å². The Kier molecular flexibility index (Phi) is 9.44. The van der Waals surface area contributed by atoms with Gasteiger partial charge in [-0.1, -0.05) is 51.1 Å². The SMILES string of the molecule is CC(Cc1cccc(C2CCOCC(C)(C)/C(N)=C/N(N)Cc3c(c(F)cc4[nH]ccc34)Oc3cccc(c3)-c3ccn2n3)c1F)C(=O)O. The third kappa shape index (κ3) is 7.15. The third-order valence-corrected chi connectivity index (χ3v) is 8.98. The number of nitrogens with one attached hydrogen (secondary N) is 1. The number of aliphatic carboxylic acids is 1. The largest absolute Gasteiger partial charge is 0.481 e. The Bertz CT molecular complexity index is 2020. The van der Waals surface area contributed by atoms with Crippen molar-refractivity contribution in [3.63, 3.8) is 0 Å². The van der Waals surface area contributed by atoms with Crippen molar-refractivity contribution < 1.29 is 28.2 Å². The Balaban J connectivity index is 1.43. The molecule has 0 aliphatic carbocycles. The van der Waals surface area contributed by atoms with Crippen LogP contribution < -0.4 is 16.3 Å². The van der Waals surface area contributed by atoms with Crippen molar-refractivity contribution in [1.82, 2.24) is 19.8 Å². The number of nitrogens with zero attached hydrogens (tertiary/aromatic N) is 3. The Morgan fingerprint density at radius 3 is 2.76 bits per heavy atom. The maximum absolute atomic E-state index is 16.1. The van der Waals surface area contributed by atoms with Gasteiger partial charge in [0, 0.05) is 70.0 Å². The van der Waals surface area contributed by atoms with Crippen LogP contribution in [0.15, 0.2) is 85.0 Å². The number of fused-ring (bicyclic) bond motifs is 8. The Morgan fingerprint density at radius 1 is 1.16 bits per heavy atom. The maximum atomic E-state index is 16.1. The number of benzene rings is 3. The summed E-state index contributed by atoms with van der Waals surface area (Å²) in [4.78, 5) is 14.6. The van der Waals surface area contributed by atoms with E-state index in [9.17, 15) is 9.90 Å². The Morgan fingerprint density at radius 2 is 1.96 bits per heavy atom. The minimum absolute atomic E-state index is 0.0327. The zero-order valence-electron chi connectivity index (χ0n) is 27.6. The molecule has 256 valence electrons. The molecule has 5 aromatic rings. The molecule has 2 aromatic heterocycles. The third-order valence-electron chi connectivity index (χ3n) is 8.98. The molecule has 0 saturated carbocycles. The van der Waals surface area contributed by atoms with Crippen LogP contribution in [0.4, 0.5) is 8.78 Å². The average Bonchev–Trinajstić information content (AvgIpc) is 3.74. The second-order valence-electron chi connectivity index (χ2n) is 13.2. The molecular formula is C37H40F2N6O4. The van der Waals surface area contributed by atoms with Crippen LogP contribution in [0.25, 0.3) is 22.2 Å². The number of aromatic amines is 1. The summed E-state index contributed by atoms with van der Waals surface area (Å²) in [6.45, 7) is 5.99. The van der Waals surface area contributed by atoms with Crippen molar-refractivity contribution in [2.45, 2.75) is 46.2 Å². The number of hydrogen-bond acceptors (Lipinski definition) is 7. The fourth-order valence-electron chi connectivity index (χ4n) is 6.04. The quantitative estimate of drug-likeness (QED) is 0.152. The van der Waals surface area contributed by atoms with Gasteiger partial charge in [0.1, 0.15) is 11.6 Å². The number of nitrogens with two attached hydrogens (primary N) is 2. The first-order chi connectivity index (χ1) is 23.4. The Labute approximate surface area is 282 Å². The van der Waals surface area contributed by atoms with Crippen molar-refractivity contribution in [1.29, 1.82) is 0 Å². The average molecular weight is 671 g/mol. The molecule has 3 aromatic carbocycles. The van der Waals surface area contributed by atoms with Crippen LogP contribution in [-0.4, -0.2) is 44.1 Å². The van der Waals surface area contributed by atoms with Gasteiger partial charge in [-0.2, -0.15) is 5.10 Å². The van der Waals surface area contributed by atoms with Crippen molar-refractivity contribution in [2.24, 2.45) is 22.9 Å². The molecule has 4 bridgehead atoms. The molecule has 0 fully saturated rings. The van der Waals surface area contributed by atoms with E-state index < -0.39 is 35.0 Å². The Hall–Kier alpha value is -5.20. The van der Waals surface area contributed by atoms with E-state index in [1.807, 2.05) is 32.0 Å². The number of rotatable bonds is 4. The van der Waals surface area contributed by atoms with Crippen molar-refractivity contribution in [3.8, 4) is 22.8 Å². The number of carboxylic acids is 1. The normalized spacial score (nSPS) is 18.7. The van der Waals surface area contributed by atoms with Crippen LogP contribution in [0.1, 0.15) is 49.9 Å².